The minimum Gasteiger partial charge on any atom is -0.464 e. The van der Waals surface area contributed by atoms with E-state index in [9.17, 15) is 4.79 Å². The predicted molar refractivity (Wildman–Crippen MR) is 57.4 cm³/mol. The highest BCUT2D eigenvalue weighted by Gasteiger charge is 2.12. The quantitative estimate of drug-likeness (QED) is 0.498. The van der Waals surface area contributed by atoms with Crippen LogP contribution in [0.3, 0.4) is 0 Å². The zero-order valence-electron chi connectivity index (χ0n) is 8.57. The lowest BCUT2D eigenvalue weighted by molar-refractivity contribution is -0.146. The maximum atomic E-state index is 10.9. The predicted octanol–water partition coefficient (Wildman–Crippen LogP) is 0.851. The molecule has 0 rings (SSSR count). The van der Waals surface area contributed by atoms with Crippen LogP contribution in [0.15, 0.2) is 0 Å². The van der Waals surface area contributed by atoms with Crippen molar-refractivity contribution in [3.63, 3.8) is 0 Å². The normalized spacial score (nSPS) is 11.6. The average Bonchev–Trinajstić information content (AvgIpc) is 2.16. The molecular weight excluding hydrogens is 206 g/mol. The summed E-state index contributed by atoms with van der Waals surface area (Å²) in [6.07, 6.45) is 4.25. The summed E-state index contributed by atoms with van der Waals surface area (Å²) in [5.74, 6) is -0.515. The highest BCUT2D eigenvalue weighted by Crippen LogP contribution is 1.99. The summed E-state index contributed by atoms with van der Waals surface area (Å²) in [6, 6.07) is -0.883. The van der Waals surface area contributed by atoms with E-state index >= 15 is 0 Å². The van der Waals surface area contributed by atoms with Crippen molar-refractivity contribution in [3.05, 3.63) is 0 Å². The Balaban J connectivity index is 0. The van der Waals surface area contributed by atoms with Crippen LogP contribution in [-0.4, -0.2) is 30.3 Å². The molecule has 0 heterocycles. The molecule has 1 atom stereocenters. The molecule has 0 aliphatic heterocycles. The maximum absolute atomic E-state index is 10.9. The van der Waals surface area contributed by atoms with Crippen molar-refractivity contribution < 1.29 is 14.6 Å². The van der Waals surface area contributed by atoms with E-state index in [1.54, 1.807) is 0 Å². The molecule has 0 saturated heterocycles. The first-order valence-electron chi connectivity index (χ1n) is 4.75. The molecule has 0 bridgehead atoms. The number of aliphatic hydroxyl groups is 1. The van der Waals surface area contributed by atoms with Crippen molar-refractivity contribution in [2.24, 2.45) is 5.73 Å². The monoisotopic (exact) mass is 225 g/mol. The number of ether oxygens (including phenoxy) is 1. The Hall–Kier alpha value is -0.320. The topological polar surface area (TPSA) is 72.5 Å². The fraction of sp³-hybridized carbons (Fsp3) is 0.889. The Morgan fingerprint density at radius 3 is 2.57 bits per heavy atom. The molecule has 1 unspecified atom stereocenters. The van der Waals surface area contributed by atoms with Gasteiger partial charge in [0.2, 0.25) is 0 Å². The van der Waals surface area contributed by atoms with Crippen molar-refractivity contribution in [1.29, 1.82) is 0 Å². The van der Waals surface area contributed by atoms with Crippen LogP contribution >= 0.6 is 12.4 Å². The number of esters is 1. The Labute approximate surface area is 91.2 Å². The number of halogens is 1. The van der Waals surface area contributed by atoms with Gasteiger partial charge < -0.3 is 15.6 Å². The lowest BCUT2D eigenvalue weighted by Crippen LogP contribution is -2.35. The molecule has 0 aliphatic carbocycles. The van der Waals surface area contributed by atoms with Crippen LogP contribution in [0, 0.1) is 0 Å². The third-order valence-corrected chi connectivity index (χ3v) is 1.74. The van der Waals surface area contributed by atoms with Gasteiger partial charge in [-0.05, 0) is 6.42 Å². The van der Waals surface area contributed by atoms with E-state index in [0.717, 1.165) is 25.7 Å². The van der Waals surface area contributed by atoms with E-state index < -0.39 is 12.0 Å². The minimum atomic E-state index is -0.883. The van der Waals surface area contributed by atoms with Crippen molar-refractivity contribution in [1.82, 2.24) is 0 Å². The Morgan fingerprint density at radius 2 is 2.07 bits per heavy atom. The lowest BCUT2D eigenvalue weighted by atomic mass is 10.2. The van der Waals surface area contributed by atoms with Gasteiger partial charge in [-0.1, -0.05) is 26.2 Å². The molecule has 3 N–H and O–H groups in total. The summed E-state index contributed by atoms with van der Waals surface area (Å²) in [7, 11) is 0. The summed E-state index contributed by atoms with van der Waals surface area (Å²) >= 11 is 0. The van der Waals surface area contributed by atoms with Crippen LogP contribution < -0.4 is 5.73 Å². The molecule has 86 valence electrons. The van der Waals surface area contributed by atoms with Crippen LogP contribution in [0.4, 0.5) is 0 Å². The summed E-state index contributed by atoms with van der Waals surface area (Å²) in [6.45, 7) is 2.17. The average molecular weight is 226 g/mol. The molecule has 0 radical (unpaired) electrons. The van der Waals surface area contributed by atoms with Crippen LogP contribution in [0.25, 0.3) is 0 Å². The number of carbonyl (C=O) groups is 1. The molecule has 0 aromatic rings. The second-order valence-corrected chi connectivity index (χ2v) is 3.02. The van der Waals surface area contributed by atoms with Crippen molar-refractivity contribution in [3.8, 4) is 0 Å². The van der Waals surface area contributed by atoms with Gasteiger partial charge in [-0.3, -0.25) is 4.79 Å². The van der Waals surface area contributed by atoms with E-state index in [-0.39, 0.29) is 19.0 Å². The zero-order valence-corrected chi connectivity index (χ0v) is 9.39. The molecular formula is C9H20ClNO3. The Kier molecular flexibility index (Phi) is 12.4. The number of hydrogen-bond donors (Lipinski definition) is 2. The summed E-state index contributed by atoms with van der Waals surface area (Å²) in [5.41, 5.74) is 5.23. The molecule has 0 aromatic heterocycles. The summed E-state index contributed by atoms with van der Waals surface area (Å²) in [5, 5.41) is 8.52. The van der Waals surface area contributed by atoms with Crippen LogP contribution in [0.1, 0.15) is 32.6 Å². The highest BCUT2D eigenvalue weighted by atomic mass is 35.5. The molecule has 0 fully saturated rings. The minimum absolute atomic E-state index is 0. The smallest absolute Gasteiger partial charge is 0.325 e. The first kappa shape index (κ1) is 16.1. The van der Waals surface area contributed by atoms with Gasteiger partial charge in [-0.2, -0.15) is 0 Å². The van der Waals surface area contributed by atoms with Crippen LogP contribution in [0.2, 0.25) is 0 Å². The molecule has 4 nitrogen and oxygen atoms in total. The number of rotatable bonds is 7. The molecule has 0 spiro atoms. The third kappa shape index (κ3) is 8.29. The van der Waals surface area contributed by atoms with Gasteiger partial charge in [-0.15, -0.1) is 12.4 Å². The van der Waals surface area contributed by atoms with Gasteiger partial charge in [0.1, 0.15) is 6.04 Å². The maximum Gasteiger partial charge on any atom is 0.325 e. The van der Waals surface area contributed by atoms with E-state index in [0.29, 0.717) is 6.61 Å². The fourth-order valence-electron chi connectivity index (χ4n) is 0.883. The van der Waals surface area contributed by atoms with Crippen molar-refractivity contribution in [2.45, 2.75) is 38.6 Å². The standard InChI is InChI=1S/C9H19NO3.ClH/c1-2-3-4-5-6-13-9(12)8(10)7-11;/h8,11H,2-7,10H2,1H3;1H. The molecule has 0 aliphatic rings. The first-order valence-corrected chi connectivity index (χ1v) is 4.75. The molecule has 0 amide bonds. The third-order valence-electron chi connectivity index (χ3n) is 1.74. The largest absolute Gasteiger partial charge is 0.464 e. The second kappa shape index (κ2) is 10.8. The highest BCUT2D eigenvalue weighted by molar-refractivity contribution is 5.85. The van der Waals surface area contributed by atoms with Gasteiger partial charge in [0.15, 0.2) is 0 Å². The fourth-order valence-corrected chi connectivity index (χ4v) is 0.883. The Bertz CT molecular complexity index is 144. The Morgan fingerprint density at radius 1 is 1.43 bits per heavy atom. The van der Waals surface area contributed by atoms with Crippen molar-refractivity contribution >= 4 is 18.4 Å². The van der Waals surface area contributed by atoms with Crippen LogP contribution in [0.5, 0.6) is 0 Å². The van der Waals surface area contributed by atoms with Gasteiger partial charge in [0.25, 0.3) is 0 Å². The van der Waals surface area contributed by atoms with E-state index in [1.165, 1.54) is 0 Å². The van der Waals surface area contributed by atoms with Gasteiger partial charge in [0.05, 0.1) is 13.2 Å². The van der Waals surface area contributed by atoms with Crippen LogP contribution in [-0.2, 0) is 9.53 Å². The second-order valence-electron chi connectivity index (χ2n) is 3.02. The number of hydrogen-bond acceptors (Lipinski definition) is 4. The molecule has 0 aromatic carbocycles. The van der Waals surface area contributed by atoms with Gasteiger partial charge in [0, 0.05) is 0 Å². The summed E-state index contributed by atoms with van der Waals surface area (Å²) in [4.78, 5) is 10.9. The number of nitrogens with two attached hydrogens (primary N) is 1. The van der Waals surface area contributed by atoms with Gasteiger partial charge in [-0.25, -0.2) is 0 Å². The first-order chi connectivity index (χ1) is 6.22. The SMILES string of the molecule is CCCCCCOC(=O)C(N)CO.Cl. The van der Waals surface area contributed by atoms with E-state index in [1.807, 2.05) is 0 Å². The summed E-state index contributed by atoms with van der Waals surface area (Å²) < 4.78 is 4.82. The number of unbranched alkanes of at least 4 members (excludes halogenated alkanes) is 3. The zero-order chi connectivity index (χ0) is 10.1. The molecule has 14 heavy (non-hydrogen) atoms. The number of carbonyl (C=O) groups excluding carboxylic acids is 1. The number of aliphatic hydroxyl groups excluding tert-OH is 1. The van der Waals surface area contributed by atoms with Gasteiger partial charge >= 0.3 is 5.97 Å². The molecule has 0 saturated carbocycles. The lowest BCUT2D eigenvalue weighted by Gasteiger charge is -2.08. The molecule has 5 heteroatoms. The van der Waals surface area contributed by atoms with Crippen molar-refractivity contribution in [2.75, 3.05) is 13.2 Å². The van der Waals surface area contributed by atoms with E-state index in [2.05, 4.69) is 6.92 Å². The van der Waals surface area contributed by atoms with E-state index in [4.69, 9.17) is 15.6 Å².